The van der Waals surface area contributed by atoms with Crippen molar-refractivity contribution in [2.24, 2.45) is 0 Å². The number of hydrogen-bond donors (Lipinski definition) is 1. The molecule has 1 aliphatic heterocycles. The topological polar surface area (TPSA) is 29.3 Å². The van der Waals surface area contributed by atoms with Crippen molar-refractivity contribution in [2.75, 3.05) is 5.73 Å². The molecule has 0 unspecified atom stereocenters. The van der Waals surface area contributed by atoms with E-state index in [1.807, 2.05) is 6.07 Å². The molecule has 1 aromatic carbocycles. The van der Waals surface area contributed by atoms with Crippen LogP contribution in [0, 0.1) is 0 Å². The third kappa shape index (κ3) is 1.94. The molecule has 1 aliphatic rings. The number of nitrogen functional groups attached to an aromatic ring is 1. The second-order valence-corrected chi connectivity index (χ2v) is 5.40. The van der Waals surface area contributed by atoms with Crippen molar-refractivity contribution in [3.63, 3.8) is 0 Å². The summed E-state index contributed by atoms with van der Waals surface area (Å²) < 4.78 is 0. The summed E-state index contributed by atoms with van der Waals surface area (Å²) in [6, 6.07) is 6.27. The first-order valence-corrected chi connectivity index (χ1v) is 6.16. The molecular formula is C14H22N2. The van der Waals surface area contributed by atoms with Crippen LogP contribution in [0.4, 0.5) is 5.69 Å². The molecule has 0 atom stereocenters. The van der Waals surface area contributed by atoms with E-state index in [2.05, 4.69) is 37.8 Å². The fourth-order valence-electron chi connectivity index (χ4n) is 2.65. The Hall–Kier alpha value is -1.02. The van der Waals surface area contributed by atoms with Crippen LogP contribution in [0.25, 0.3) is 0 Å². The van der Waals surface area contributed by atoms with Crippen LogP contribution in [-0.2, 0) is 13.1 Å². The van der Waals surface area contributed by atoms with Crippen molar-refractivity contribution in [3.05, 3.63) is 29.3 Å². The van der Waals surface area contributed by atoms with Gasteiger partial charge in [0.25, 0.3) is 0 Å². The highest BCUT2D eigenvalue weighted by molar-refractivity contribution is 5.52. The third-order valence-corrected chi connectivity index (χ3v) is 3.74. The summed E-state index contributed by atoms with van der Waals surface area (Å²) in [6.07, 6.45) is 2.47. The molecule has 2 nitrogen and oxygen atoms in total. The zero-order chi connectivity index (χ0) is 11.8. The lowest BCUT2D eigenvalue weighted by molar-refractivity contribution is 0.108. The molecule has 88 valence electrons. The molecule has 0 saturated carbocycles. The number of benzene rings is 1. The smallest absolute Gasteiger partial charge is 0.0363 e. The highest BCUT2D eigenvalue weighted by atomic mass is 15.2. The summed E-state index contributed by atoms with van der Waals surface area (Å²) in [5.41, 5.74) is 10.0. The van der Waals surface area contributed by atoms with Crippen LogP contribution < -0.4 is 5.73 Å². The molecule has 0 spiro atoms. The predicted octanol–water partition coefficient (Wildman–Crippen LogP) is 3.16. The van der Waals surface area contributed by atoms with Gasteiger partial charge in [-0.05, 0) is 37.5 Å². The number of rotatable bonds is 3. The minimum absolute atomic E-state index is 0.278. The van der Waals surface area contributed by atoms with Crippen molar-refractivity contribution in [2.45, 2.75) is 52.2 Å². The average Bonchev–Trinajstić information content (AvgIpc) is 2.63. The molecule has 2 N–H and O–H groups in total. The monoisotopic (exact) mass is 218 g/mol. The van der Waals surface area contributed by atoms with E-state index < -0.39 is 0 Å². The van der Waals surface area contributed by atoms with Crippen molar-refractivity contribution < 1.29 is 0 Å². The molecule has 2 heteroatoms. The maximum absolute atomic E-state index is 6.02. The fourth-order valence-corrected chi connectivity index (χ4v) is 2.65. The summed E-state index contributed by atoms with van der Waals surface area (Å²) in [7, 11) is 0. The lowest BCUT2D eigenvalue weighted by atomic mass is 9.97. The van der Waals surface area contributed by atoms with Crippen LogP contribution >= 0.6 is 0 Å². The van der Waals surface area contributed by atoms with E-state index in [-0.39, 0.29) is 5.54 Å². The first-order chi connectivity index (χ1) is 7.54. The Kier molecular flexibility index (Phi) is 2.94. The molecule has 2 rings (SSSR count). The first kappa shape index (κ1) is 11.5. The van der Waals surface area contributed by atoms with E-state index in [1.54, 1.807) is 0 Å². The molecule has 0 saturated heterocycles. The molecule has 1 aromatic rings. The third-order valence-electron chi connectivity index (χ3n) is 3.74. The molecule has 0 aromatic heterocycles. The largest absolute Gasteiger partial charge is 0.398 e. The van der Waals surface area contributed by atoms with Crippen molar-refractivity contribution in [1.29, 1.82) is 0 Å². The van der Waals surface area contributed by atoms with Crippen molar-refractivity contribution in [1.82, 2.24) is 4.90 Å². The minimum Gasteiger partial charge on any atom is -0.398 e. The van der Waals surface area contributed by atoms with Crippen LogP contribution in [0.2, 0.25) is 0 Å². The normalized spacial score (nSPS) is 16.4. The Bertz CT molecular complexity index is 382. The number of anilines is 1. The molecular weight excluding hydrogens is 196 g/mol. The first-order valence-electron chi connectivity index (χ1n) is 6.16. The number of fused-ring (bicyclic) bond motifs is 1. The van der Waals surface area contributed by atoms with Gasteiger partial charge in [0.15, 0.2) is 0 Å². The van der Waals surface area contributed by atoms with Gasteiger partial charge >= 0.3 is 0 Å². The molecule has 0 radical (unpaired) electrons. The molecule has 1 heterocycles. The maximum Gasteiger partial charge on any atom is 0.0363 e. The van der Waals surface area contributed by atoms with E-state index in [9.17, 15) is 0 Å². The van der Waals surface area contributed by atoms with Gasteiger partial charge in [0.2, 0.25) is 0 Å². The zero-order valence-corrected chi connectivity index (χ0v) is 10.6. The summed E-state index contributed by atoms with van der Waals surface area (Å²) in [6.45, 7) is 8.97. The molecule has 0 fully saturated rings. The fraction of sp³-hybridized carbons (Fsp3) is 0.571. The van der Waals surface area contributed by atoms with Gasteiger partial charge in [-0.15, -0.1) is 0 Å². The Balaban J connectivity index is 2.20. The lowest BCUT2D eigenvalue weighted by Gasteiger charge is -2.35. The highest BCUT2D eigenvalue weighted by Crippen LogP contribution is 2.34. The van der Waals surface area contributed by atoms with E-state index in [1.165, 1.54) is 24.0 Å². The van der Waals surface area contributed by atoms with Gasteiger partial charge in [0.05, 0.1) is 0 Å². The number of nitrogens with two attached hydrogens (primary N) is 1. The van der Waals surface area contributed by atoms with E-state index in [0.29, 0.717) is 0 Å². The SMILES string of the molecule is CCCC(C)(C)N1Cc2cccc(N)c2C1. The summed E-state index contributed by atoms with van der Waals surface area (Å²) in [5.74, 6) is 0. The second-order valence-electron chi connectivity index (χ2n) is 5.40. The van der Waals surface area contributed by atoms with Crippen LogP contribution in [0.15, 0.2) is 18.2 Å². The number of hydrogen-bond acceptors (Lipinski definition) is 2. The average molecular weight is 218 g/mol. The van der Waals surface area contributed by atoms with Gasteiger partial charge in [-0.3, -0.25) is 4.90 Å². The Morgan fingerprint density at radius 1 is 1.31 bits per heavy atom. The van der Waals surface area contributed by atoms with Gasteiger partial charge in [-0.1, -0.05) is 25.5 Å². The second kappa shape index (κ2) is 4.10. The van der Waals surface area contributed by atoms with Gasteiger partial charge < -0.3 is 5.73 Å². The highest BCUT2D eigenvalue weighted by Gasteiger charge is 2.31. The van der Waals surface area contributed by atoms with E-state index >= 15 is 0 Å². The van der Waals surface area contributed by atoms with E-state index in [0.717, 1.165) is 18.8 Å². The quantitative estimate of drug-likeness (QED) is 0.790. The Morgan fingerprint density at radius 3 is 2.69 bits per heavy atom. The van der Waals surface area contributed by atoms with Crippen molar-refractivity contribution >= 4 is 5.69 Å². The standard InChI is InChI=1S/C14H22N2/c1-4-8-14(2,3)16-9-11-6-5-7-13(15)12(11)10-16/h5-7H,4,8-10,15H2,1-3H3. The van der Waals surface area contributed by atoms with Gasteiger partial charge in [-0.25, -0.2) is 0 Å². The van der Waals surface area contributed by atoms with E-state index in [4.69, 9.17) is 5.73 Å². The van der Waals surface area contributed by atoms with Crippen LogP contribution in [0.5, 0.6) is 0 Å². The Morgan fingerprint density at radius 2 is 2.06 bits per heavy atom. The maximum atomic E-state index is 6.02. The van der Waals surface area contributed by atoms with Crippen LogP contribution in [-0.4, -0.2) is 10.4 Å². The van der Waals surface area contributed by atoms with Gasteiger partial charge in [0.1, 0.15) is 0 Å². The summed E-state index contributed by atoms with van der Waals surface area (Å²) in [4.78, 5) is 2.54. The lowest BCUT2D eigenvalue weighted by Crippen LogP contribution is -2.39. The Labute approximate surface area is 98.4 Å². The molecule has 16 heavy (non-hydrogen) atoms. The minimum atomic E-state index is 0.278. The summed E-state index contributed by atoms with van der Waals surface area (Å²) >= 11 is 0. The van der Waals surface area contributed by atoms with Crippen LogP contribution in [0.3, 0.4) is 0 Å². The molecule has 0 aliphatic carbocycles. The van der Waals surface area contributed by atoms with Crippen molar-refractivity contribution in [3.8, 4) is 0 Å². The van der Waals surface area contributed by atoms with Gasteiger partial charge in [0, 0.05) is 24.3 Å². The molecule has 0 amide bonds. The molecule has 0 bridgehead atoms. The number of nitrogens with zero attached hydrogens (tertiary/aromatic N) is 1. The predicted molar refractivity (Wildman–Crippen MR) is 69.1 cm³/mol. The summed E-state index contributed by atoms with van der Waals surface area (Å²) in [5, 5.41) is 0. The van der Waals surface area contributed by atoms with Gasteiger partial charge in [-0.2, -0.15) is 0 Å². The zero-order valence-electron chi connectivity index (χ0n) is 10.6. The van der Waals surface area contributed by atoms with Crippen LogP contribution in [0.1, 0.15) is 44.7 Å².